The fourth-order valence-electron chi connectivity index (χ4n) is 4.63. The predicted molar refractivity (Wildman–Crippen MR) is 136 cm³/mol. The molecule has 4 rings (SSSR count). The molecule has 0 saturated heterocycles. The van der Waals surface area contributed by atoms with Gasteiger partial charge in [0.05, 0.1) is 5.69 Å². The molecule has 1 aliphatic rings. The van der Waals surface area contributed by atoms with Crippen LogP contribution in [0.2, 0.25) is 0 Å². The van der Waals surface area contributed by atoms with Gasteiger partial charge in [0, 0.05) is 64.7 Å². The molecule has 1 aromatic heterocycles. The topological polar surface area (TPSA) is 69.9 Å². The number of aryl methyl sites for hydroxylation is 1. The number of hydrogen-bond acceptors (Lipinski definition) is 5. The van der Waals surface area contributed by atoms with Crippen LogP contribution in [0.15, 0.2) is 53.1 Å². The first-order valence-corrected chi connectivity index (χ1v) is 12.6. The van der Waals surface area contributed by atoms with Gasteiger partial charge in [0.2, 0.25) is 5.91 Å². The molecule has 0 atom stereocenters. The minimum atomic E-state index is -1.04. The van der Waals surface area contributed by atoms with Gasteiger partial charge in [-0.3, -0.25) is 14.5 Å². The van der Waals surface area contributed by atoms with E-state index >= 15 is 0 Å². The highest BCUT2D eigenvalue weighted by Gasteiger charge is 2.26. The van der Waals surface area contributed by atoms with E-state index < -0.39 is 11.6 Å². The van der Waals surface area contributed by atoms with E-state index in [2.05, 4.69) is 10.1 Å². The van der Waals surface area contributed by atoms with Gasteiger partial charge in [-0.15, -0.1) is 0 Å². The lowest BCUT2D eigenvalue weighted by atomic mass is 10.1. The highest BCUT2D eigenvalue weighted by molar-refractivity contribution is 5.94. The maximum absolute atomic E-state index is 14.4. The number of amides is 2. The molecule has 2 aromatic carbocycles. The van der Waals surface area contributed by atoms with E-state index in [0.29, 0.717) is 56.9 Å². The molecule has 0 spiro atoms. The number of carbonyl (C=O) groups excluding carboxylic acids is 2. The number of benzene rings is 2. The van der Waals surface area contributed by atoms with Crippen molar-refractivity contribution in [2.24, 2.45) is 0 Å². The van der Waals surface area contributed by atoms with Crippen molar-refractivity contribution in [3.05, 3.63) is 82.7 Å². The van der Waals surface area contributed by atoms with Crippen molar-refractivity contribution >= 4 is 17.5 Å². The Morgan fingerprint density at radius 3 is 2.49 bits per heavy atom. The molecule has 196 valence electrons. The molecular weight excluding hydrogens is 478 g/mol. The van der Waals surface area contributed by atoms with Crippen LogP contribution in [-0.4, -0.2) is 52.9 Å². The molecular formula is C28H32F2N4O3. The largest absolute Gasteiger partial charge is 0.361 e. The average Bonchev–Trinajstić information content (AvgIpc) is 3.34. The highest BCUT2D eigenvalue weighted by atomic mass is 19.2. The summed E-state index contributed by atoms with van der Waals surface area (Å²) in [4.78, 5) is 31.4. The molecule has 2 heterocycles. The van der Waals surface area contributed by atoms with Crippen molar-refractivity contribution in [2.75, 3.05) is 31.1 Å². The zero-order chi connectivity index (χ0) is 26.4. The summed E-state index contributed by atoms with van der Waals surface area (Å²) in [5, 5.41) is 3.96. The average molecular weight is 511 g/mol. The molecule has 0 fully saturated rings. The maximum atomic E-state index is 14.4. The Labute approximate surface area is 215 Å². The van der Waals surface area contributed by atoms with E-state index in [1.54, 1.807) is 11.0 Å². The van der Waals surface area contributed by atoms with E-state index in [9.17, 15) is 18.4 Å². The summed E-state index contributed by atoms with van der Waals surface area (Å²) < 4.78 is 34.0. The van der Waals surface area contributed by atoms with Gasteiger partial charge in [0.15, 0.2) is 17.3 Å². The first-order valence-electron chi connectivity index (χ1n) is 12.6. The summed E-state index contributed by atoms with van der Waals surface area (Å²) in [5.74, 6) is -2.09. The number of hydrogen-bond donors (Lipinski definition) is 0. The Morgan fingerprint density at radius 1 is 1.00 bits per heavy atom. The van der Waals surface area contributed by atoms with Gasteiger partial charge in [0.1, 0.15) is 5.76 Å². The second kappa shape index (κ2) is 12.1. The van der Waals surface area contributed by atoms with Gasteiger partial charge < -0.3 is 14.3 Å². The Hall–Kier alpha value is -3.59. The number of fused-ring (bicyclic) bond motifs is 1. The van der Waals surface area contributed by atoms with Crippen molar-refractivity contribution in [3.63, 3.8) is 0 Å². The molecule has 9 heteroatoms. The predicted octanol–water partition coefficient (Wildman–Crippen LogP) is 4.81. The Balaban J connectivity index is 1.69. The van der Waals surface area contributed by atoms with Gasteiger partial charge in [-0.1, -0.05) is 42.4 Å². The summed E-state index contributed by atoms with van der Waals surface area (Å²) in [7, 11) is 0. The van der Waals surface area contributed by atoms with E-state index in [4.69, 9.17) is 4.52 Å². The zero-order valence-electron chi connectivity index (χ0n) is 21.3. The second-order valence-corrected chi connectivity index (χ2v) is 9.34. The Morgan fingerprint density at radius 2 is 1.76 bits per heavy atom. The quantitative estimate of drug-likeness (QED) is 0.493. The van der Waals surface area contributed by atoms with Crippen LogP contribution in [0, 0.1) is 11.6 Å². The molecule has 0 saturated carbocycles. The minimum absolute atomic E-state index is 0.00963. The fraction of sp³-hybridized carbons (Fsp3) is 0.393. The number of carbonyl (C=O) groups is 2. The zero-order valence-corrected chi connectivity index (χ0v) is 21.3. The van der Waals surface area contributed by atoms with Crippen LogP contribution >= 0.6 is 0 Å². The third-order valence-electron chi connectivity index (χ3n) is 6.51. The standard InChI is InChI=1S/C28H32F2N4O3/c1-3-8-23-16-26(31-37-23)28(36)33-14-13-32(18-21-9-5-4-6-10-21)11-7-12-34(20(2)35)27-17-25(30)24(29)15-22(27)19-33/h4-6,9-10,15-17H,3,7-8,11-14,18-19H2,1-2H3. The van der Waals surface area contributed by atoms with E-state index in [0.717, 1.165) is 24.1 Å². The molecule has 2 amide bonds. The number of halogens is 2. The number of anilines is 1. The van der Waals surface area contributed by atoms with E-state index in [1.807, 2.05) is 37.3 Å². The van der Waals surface area contributed by atoms with Crippen molar-refractivity contribution in [1.82, 2.24) is 15.0 Å². The van der Waals surface area contributed by atoms with E-state index in [-0.39, 0.29) is 29.7 Å². The lowest BCUT2D eigenvalue weighted by molar-refractivity contribution is -0.116. The molecule has 3 aromatic rings. The lowest BCUT2D eigenvalue weighted by Gasteiger charge is -2.27. The van der Waals surface area contributed by atoms with Crippen LogP contribution < -0.4 is 4.90 Å². The van der Waals surface area contributed by atoms with Crippen LogP contribution in [0.5, 0.6) is 0 Å². The minimum Gasteiger partial charge on any atom is -0.361 e. The summed E-state index contributed by atoms with van der Waals surface area (Å²) in [5.41, 5.74) is 1.93. The number of nitrogens with zero attached hydrogens (tertiary/aromatic N) is 4. The first-order chi connectivity index (χ1) is 17.9. The van der Waals surface area contributed by atoms with Gasteiger partial charge >= 0.3 is 0 Å². The number of rotatable bonds is 5. The Bertz CT molecular complexity index is 1230. The summed E-state index contributed by atoms with van der Waals surface area (Å²) in [6, 6.07) is 13.8. The summed E-state index contributed by atoms with van der Waals surface area (Å²) in [6.45, 7) is 5.96. The van der Waals surface area contributed by atoms with Crippen LogP contribution in [0.3, 0.4) is 0 Å². The van der Waals surface area contributed by atoms with Crippen LogP contribution in [0.1, 0.15) is 54.1 Å². The third kappa shape index (κ3) is 6.60. The fourth-order valence-corrected chi connectivity index (χ4v) is 4.63. The van der Waals surface area contributed by atoms with Gasteiger partial charge in [-0.2, -0.15) is 0 Å². The van der Waals surface area contributed by atoms with Crippen molar-refractivity contribution in [1.29, 1.82) is 0 Å². The highest BCUT2D eigenvalue weighted by Crippen LogP contribution is 2.27. The van der Waals surface area contributed by atoms with Gasteiger partial charge in [-0.25, -0.2) is 8.78 Å². The molecule has 37 heavy (non-hydrogen) atoms. The lowest BCUT2D eigenvalue weighted by Crippen LogP contribution is -2.38. The van der Waals surface area contributed by atoms with E-state index in [1.165, 1.54) is 11.8 Å². The summed E-state index contributed by atoms with van der Waals surface area (Å²) >= 11 is 0. The van der Waals surface area contributed by atoms with Crippen molar-refractivity contribution in [2.45, 2.75) is 46.2 Å². The monoisotopic (exact) mass is 510 g/mol. The van der Waals surface area contributed by atoms with Gasteiger partial charge in [0.25, 0.3) is 5.91 Å². The maximum Gasteiger partial charge on any atom is 0.276 e. The molecule has 0 aliphatic carbocycles. The molecule has 7 nitrogen and oxygen atoms in total. The molecule has 0 N–H and O–H groups in total. The molecule has 0 bridgehead atoms. The van der Waals surface area contributed by atoms with Gasteiger partial charge in [-0.05, 0) is 30.0 Å². The second-order valence-electron chi connectivity index (χ2n) is 9.34. The number of aromatic nitrogens is 1. The third-order valence-corrected chi connectivity index (χ3v) is 6.51. The van der Waals surface area contributed by atoms with Crippen LogP contribution in [-0.2, 0) is 24.3 Å². The normalized spacial score (nSPS) is 15.2. The molecule has 0 unspecified atom stereocenters. The molecule has 0 radical (unpaired) electrons. The van der Waals surface area contributed by atoms with Crippen LogP contribution in [0.25, 0.3) is 0 Å². The molecule has 1 aliphatic heterocycles. The Kier molecular flexibility index (Phi) is 8.66. The summed E-state index contributed by atoms with van der Waals surface area (Å²) in [6.07, 6.45) is 2.13. The van der Waals surface area contributed by atoms with Crippen molar-refractivity contribution in [3.8, 4) is 0 Å². The SMILES string of the molecule is CCCc1cc(C(=O)N2CCN(Cc3ccccc3)CCCN(C(C)=O)c3cc(F)c(F)cc3C2)no1. The first kappa shape index (κ1) is 26.5. The smallest absolute Gasteiger partial charge is 0.276 e. The van der Waals surface area contributed by atoms with Crippen molar-refractivity contribution < 1.29 is 22.9 Å². The van der Waals surface area contributed by atoms with Crippen LogP contribution in [0.4, 0.5) is 14.5 Å².